The Hall–Kier alpha value is -1.14. The average molecular weight is 259 g/mol. The molecule has 0 saturated heterocycles. The first kappa shape index (κ1) is 16.9. The Kier molecular flexibility index (Phi) is 10.3. The molecule has 0 bridgehead atoms. The molecule has 0 aromatic heterocycles. The third kappa shape index (κ3) is 10.0. The third-order valence-electron chi connectivity index (χ3n) is 2.33. The highest BCUT2D eigenvalue weighted by atomic mass is 16.5. The molecule has 1 unspecified atom stereocenters. The SMILES string of the molecule is CCCC(C)NC(=O)CNCC(=O)NCCOC. The van der Waals surface area contributed by atoms with Crippen molar-refractivity contribution in [1.29, 1.82) is 0 Å². The summed E-state index contributed by atoms with van der Waals surface area (Å²) >= 11 is 0. The lowest BCUT2D eigenvalue weighted by molar-refractivity contribution is -0.121. The molecule has 0 aliphatic rings. The molecule has 18 heavy (non-hydrogen) atoms. The number of ether oxygens (including phenoxy) is 1. The van der Waals surface area contributed by atoms with Crippen LogP contribution in [-0.2, 0) is 14.3 Å². The number of methoxy groups -OCH3 is 1. The fraction of sp³-hybridized carbons (Fsp3) is 0.833. The summed E-state index contributed by atoms with van der Waals surface area (Å²) in [5.74, 6) is -0.220. The van der Waals surface area contributed by atoms with E-state index in [1.165, 1.54) is 0 Å². The van der Waals surface area contributed by atoms with Crippen LogP contribution in [0, 0.1) is 0 Å². The Morgan fingerprint density at radius 3 is 2.50 bits per heavy atom. The van der Waals surface area contributed by atoms with Crippen LogP contribution in [0.2, 0.25) is 0 Å². The monoisotopic (exact) mass is 259 g/mol. The van der Waals surface area contributed by atoms with Gasteiger partial charge in [-0.3, -0.25) is 14.9 Å². The minimum absolute atomic E-state index is 0.0827. The van der Waals surface area contributed by atoms with Crippen molar-refractivity contribution in [3.05, 3.63) is 0 Å². The van der Waals surface area contributed by atoms with Crippen LogP contribution in [0.25, 0.3) is 0 Å². The van der Waals surface area contributed by atoms with E-state index < -0.39 is 0 Å². The van der Waals surface area contributed by atoms with Crippen LogP contribution in [0.5, 0.6) is 0 Å². The molecule has 0 heterocycles. The molecule has 0 radical (unpaired) electrons. The molecule has 1 atom stereocenters. The Morgan fingerprint density at radius 2 is 1.89 bits per heavy atom. The molecule has 0 rings (SSSR count). The van der Waals surface area contributed by atoms with Crippen LogP contribution in [0.3, 0.4) is 0 Å². The third-order valence-corrected chi connectivity index (χ3v) is 2.33. The molecule has 0 aliphatic carbocycles. The Morgan fingerprint density at radius 1 is 1.22 bits per heavy atom. The van der Waals surface area contributed by atoms with Gasteiger partial charge in [-0.05, 0) is 13.3 Å². The zero-order chi connectivity index (χ0) is 13.8. The lowest BCUT2D eigenvalue weighted by Gasteiger charge is -2.13. The van der Waals surface area contributed by atoms with Gasteiger partial charge in [0.1, 0.15) is 0 Å². The maximum Gasteiger partial charge on any atom is 0.234 e. The molecule has 106 valence electrons. The van der Waals surface area contributed by atoms with Gasteiger partial charge in [-0.25, -0.2) is 0 Å². The number of carbonyl (C=O) groups excluding carboxylic acids is 2. The van der Waals surface area contributed by atoms with E-state index in [2.05, 4.69) is 22.9 Å². The van der Waals surface area contributed by atoms with Crippen LogP contribution in [0.1, 0.15) is 26.7 Å². The number of amides is 2. The highest BCUT2D eigenvalue weighted by Crippen LogP contribution is 1.93. The summed E-state index contributed by atoms with van der Waals surface area (Å²) in [6.07, 6.45) is 2.00. The van der Waals surface area contributed by atoms with E-state index in [0.717, 1.165) is 12.8 Å². The quantitative estimate of drug-likeness (QED) is 0.468. The van der Waals surface area contributed by atoms with E-state index in [9.17, 15) is 9.59 Å². The molecule has 3 N–H and O–H groups in total. The van der Waals surface area contributed by atoms with Gasteiger partial charge in [-0.15, -0.1) is 0 Å². The van der Waals surface area contributed by atoms with Gasteiger partial charge in [-0.2, -0.15) is 0 Å². The molecular formula is C12H25N3O3. The van der Waals surface area contributed by atoms with Gasteiger partial charge in [-0.1, -0.05) is 13.3 Å². The van der Waals surface area contributed by atoms with Crippen LogP contribution < -0.4 is 16.0 Å². The van der Waals surface area contributed by atoms with E-state index in [1.54, 1.807) is 7.11 Å². The zero-order valence-electron chi connectivity index (χ0n) is 11.5. The maximum absolute atomic E-state index is 11.4. The first-order valence-electron chi connectivity index (χ1n) is 6.35. The van der Waals surface area contributed by atoms with Crippen LogP contribution in [0.4, 0.5) is 0 Å². The summed E-state index contributed by atoms with van der Waals surface area (Å²) in [4.78, 5) is 22.7. The zero-order valence-corrected chi connectivity index (χ0v) is 11.5. The molecule has 6 nitrogen and oxygen atoms in total. The fourth-order valence-electron chi connectivity index (χ4n) is 1.48. The summed E-state index contributed by atoms with van der Waals surface area (Å²) in [5, 5.41) is 8.31. The van der Waals surface area contributed by atoms with Crippen molar-refractivity contribution < 1.29 is 14.3 Å². The largest absolute Gasteiger partial charge is 0.383 e. The highest BCUT2D eigenvalue weighted by Gasteiger charge is 2.06. The van der Waals surface area contributed by atoms with Crippen molar-refractivity contribution in [2.24, 2.45) is 0 Å². The maximum atomic E-state index is 11.4. The van der Waals surface area contributed by atoms with Gasteiger partial charge < -0.3 is 15.4 Å². The second kappa shape index (κ2) is 11.0. The summed E-state index contributed by atoms with van der Waals surface area (Å²) in [7, 11) is 1.58. The first-order chi connectivity index (χ1) is 8.60. The molecule has 0 aromatic carbocycles. The molecule has 0 spiro atoms. The van der Waals surface area contributed by atoms with Gasteiger partial charge in [0, 0.05) is 19.7 Å². The van der Waals surface area contributed by atoms with Gasteiger partial charge in [0.05, 0.1) is 19.7 Å². The van der Waals surface area contributed by atoms with Crippen LogP contribution >= 0.6 is 0 Å². The van der Waals surface area contributed by atoms with Crippen molar-refractivity contribution in [3.63, 3.8) is 0 Å². The number of hydrogen-bond acceptors (Lipinski definition) is 4. The molecule has 0 aromatic rings. The van der Waals surface area contributed by atoms with E-state index in [0.29, 0.717) is 13.2 Å². The first-order valence-corrected chi connectivity index (χ1v) is 6.35. The lowest BCUT2D eigenvalue weighted by Crippen LogP contribution is -2.42. The molecule has 0 aliphatic heterocycles. The van der Waals surface area contributed by atoms with Crippen molar-refractivity contribution in [2.75, 3.05) is 33.4 Å². The summed E-state index contributed by atoms with van der Waals surface area (Å²) in [6, 6.07) is 0.180. The molecule has 0 saturated carbocycles. The average Bonchev–Trinajstić information content (AvgIpc) is 2.29. The predicted octanol–water partition coefficient (Wildman–Crippen LogP) is -0.357. The van der Waals surface area contributed by atoms with E-state index in [-0.39, 0.29) is 30.9 Å². The number of nitrogens with one attached hydrogen (secondary N) is 3. The van der Waals surface area contributed by atoms with Crippen molar-refractivity contribution in [2.45, 2.75) is 32.7 Å². The van der Waals surface area contributed by atoms with Crippen molar-refractivity contribution in [1.82, 2.24) is 16.0 Å². The second-order valence-electron chi connectivity index (χ2n) is 4.20. The van der Waals surface area contributed by atoms with Crippen molar-refractivity contribution in [3.8, 4) is 0 Å². The second-order valence-corrected chi connectivity index (χ2v) is 4.20. The molecule has 2 amide bonds. The lowest BCUT2D eigenvalue weighted by atomic mass is 10.2. The Labute approximate surface area is 109 Å². The van der Waals surface area contributed by atoms with Gasteiger partial charge in [0.15, 0.2) is 0 Å². The van der Waals surface area contributed by atoms with E-state index in [4.69, 9.17) is 4.74 Å². The standard InChI is InChI=1S/C12H25N3O3/c1-4-5-10(2)15-12(17)9-13-8-11(16)14-6-7-18-3/h10,13H,4-9H2,1-3H3,(H,14,16)(H,15,17). The highest BCUT2D eigenvalue weighted by molar-refractivity contribution is 5.81. The molecule has 0 fully saturated rings. The number of rotatable bonds is 10. The number of carbonyl (C=O) groups is 2. The van der Waals surface area contributed by atoms with E-state index >= 15 is 0 Å². The Bertz CT molecular complexity index is 247. The Balaban J connectivity index is 3.52. The van der Waals surface area contributed by atoms with Gasteiger partial charge in [0.25, 0.3) is 0 Å². The fourth-order valence-corrected chi connectivity index (χ4v) is 1.48. The summed E-state index contributed by atoms with van der Waals surface area (Å²) in [6.45, 7) is 5.31. The van der Waals surface area contributed by atoms with Crippen LogP contribution in [-0.4, -0.2) is 51.2 Å². The minimum atomic E-state index is -0.138. The summed E-state index contributed by atoms with van der Waals surface area (Å²) < 4.78 is 4.80. The smallest absolute Gasteiger partial charge is 0.234 e. The van der Waals surface area contributed by atoms with Gasteiger partial charge in [0.2, 0.25) is 11.8 Å². The topological polar surface area (TPSA) is 79.5 Å². The normalized spacial score (nSPS) is 11.9. The predicted molar refractivity (Wildman–Crippen MR) is 70.3 cm³/mol. The van der Waals surface area contributed by atoms with Crippen LogP contribution in [0.15, 0.2) is 0 Å². The molecular weight excluding hydrogens is 234 g/mol. The van der Waals surface area contributed by atoms with E-state index in [1.807, 2.05) is 6.92 Å². The molecule has 6 heteroatoms. The van der Waals surface area contributed by atoms with Crippen molar-refractivity contribution >= 4 is 11.8 Å². The summed E-state index contributed by atoms with van der Waals surface area (Å²) in [5.41, 5.74) is 0. The van der Waals surface area contributed by atoms with Gasteiger partial charge >= 0.3 is 0 Å². The number of hydrogen-bond donors (Lipinski definition) is 3. The minimum Gasteiger partial charge on any atom is -0.383 e.